The first-order valence-corrected chi connectivity index (χ1v) is 10.6. The lowest BCUT2D eigenvalue weighted by Gasteiger charge is -2.41. The van der Waals surface area contributed by atoms with Crippen LogP contribution in [0.15, 0.2) is 29.3 Å². The van der Waals surface area contributed by atoms with Gasteiger partial charge >= 0.3 is 0 Å². The van der Waals surface area contributed by atoms with Gasteiger partial charge in [-0.3, -0.25) is 9.89 Å². The summed E-state index contributed by atoms with van der Waals surface area (Å²) in [5, 5.41) is 6.88. The van der Waals surface area contributed by atoms with Crippen molar-refractivity contribution in [2.75, 3.05) is 52.2 Å². The van der Waals surface area contributed by atoms with Gasteiger partial charge in [0.05, 0.1) is 13.2 Å². The molecule has 1 aliphatic heterocycles. The van der Waals surface area contributed by atoms with Crippen LogP contribution in [0.4, 0.5) is 0 Å². The van der Waals surface area contributed by atoms with Crippen molar-refractivity contribution in [3.05, 3.63) is 35.4 Å². The SMILES string of the molecule is CN=C(NCCSCc1ccc(C)cc1)NCC(C)(C)N1CCOCC1. The Morgan fingerprint density at radius 3 is 2.54 bits per heavy atom. The zero-order valence-electron chi connectivity index (χ0n) is 16.7. The molecule has 0 aliphatic carbocycles. The molecule has 0 spiro atoms. The van der Waals surface area contributed by atoms with E-state index >= 15 is 0 Å². The van der Waals surface area contributed by atoms with E-state index in [1.54, 1.807) is 0 Å². The molecule has 6 heteroatoms. The van der Waals surface area contributed by atoms with Gasteiger partial charge in [-0.2, -0.15) is 11.8 Å². The van der Waals surface area contributed by atoms with Crippen LogP contribution in [0.1, 0.15) is 25.0 Å². The van der Waals surface area contributed by atoms with E-state index in [1.807, 2.05) is 18.8 Å². The molecule has 0 unspecified atom stereocenters. The summed E-state index contributed by atoms with van der Waals surface area (Å²) in [6, 6.07) is 8.78. The number of morpholine rings is 1. The monoisotopic (exact) mass is 378 g/mol. The highest BCUT2D eigenvalue weighted by Gasteiger charge is 2.28. The van der Waals surface area contributed by atoms with Crippen LogP contribution in [0.5, 0.6) is 0 Å². The van der Waals surface area contributed by atoms with Crippen molar-refractivity contribution in [2.24, 2.45) is 4.99 Å². The number of ether oxygens (including phenoxy) is 1. The second kappa shape index (κ2) is 10.8. The molecule has 1 fully saturated rings. The lowest BCUT2D eigenvalue weighted by molar-refractivity contribution is -0.00833. The number of hydrogen-bond donors (Lipinski definition) is 2. The molecule has 0 bridgehead atoms. The molecule has 2 N–H and O–H groups in total. The number of aliphatic imine (C=N–C) groups is 1. The lowest BCUT2D eigenvalue weighted by Crippen LogP contribution is -2.56. The molecular formula is C20H34N4OS. The fourth-order valence-electron chi connectivity index (χ4n) is 2.92. The molecule has 2 rings (SSSR count). The third-order valence-electron chi connectivity index (χ3n) is 4.71. The zero-order chi connectivity index (χ0) is 18.8. The van der Waals surface area contributed by atoms with Gasteiger partial charge < -0.3 is 15.4 Å². The van der Waals surface area contributed by atoms with Crippen molar-refractivity contribution in [3.63, 3.8) is 0 Å². The molecular weight excluding hydrogens is 344 g/mol. The van der Waals surface area contributed by atoms with E-state index in [-0.39, 0.29) is 5.54 Å². The molecule has 0 aromatic heterocycles. The van der Waals surface area contributed by atoms with Crippen molar-refractivity contribution in [3.8, 4) is 0 Å². The van der Waals surface area contributed by atoms with Crippen LogP contribution >= 0.6 is 11.8 Å². The molecule has 146 valence electrons. The zero-order valence-corrected chi connectivity index (χ0v) is 17.5. The van der Waals surface area contributed by atoms with Gasteiger partial charge in [0.25, 0.3) is 0 Å². The Morgan fingerprint density at radius 2 is 1.88 bits per heavy atom. The number of rotatable bonds is 8. The number of thioether (sulfide) groups is 1. The summed E-state index contributed by atoms with van der Waals surface area (Å²) < 4.78 is 5.45. The second-order valence-corrected chi connectivity index (χ2v) is 8.41. The summed E-state index contributed by atoms with van der Waals surface area (Å²) in [5.41, 5.74) is 2.78. The molecule has 0 saturated carbocycles. The van der Waals surface area contributed by atoms with Crippen molar-refractivity contribution < 1.29 is 4.74 Å². The molecule has 1 aromatic rings. The van der Waals surface area contributed by atoms with Crippen LogP contribution < -0.4 is 10.6 Å². The third-order valence-corrected chi connectivity index (χ3v) is 5.74. The smallest absolute Gasteiger partial charge is 0.191 e. The van der Waals surface area contributed by atoms with Gasteiger partial charge in [0.15, 0.2) is 5.96 Å². The normalized spacial score (nSPS) is 16.5. The highest BCUT2D eigenvalue weighted by molar-refractivity contribution is 7.98. The van der Waals surface area contributed by atoms with E-state index in [0.29, 0.717) is 0 Å². The van der Waals surface area contributed by atoms with E-state index in [0.717, 1.165) is 56.9 Å². The number of aryl methyl sites for hydroxylation is 1. The maximum Gasteiger partial charge on any atom is 0.191 e. The second-order valence-electron chi connectivity index (χ2n) is 7.30. The first kappa shape index (κ1) is 21.1. The molecule has 1 heterocycles. The fraction of sp³-hybridized carbons (Fsp3) is 0.650. The Balaban J connectivity index is 1.63. The summed E-state index contributed by atoms with van der Waals surface area (Å²) in [5.74, 6) is 2.99. The van der Waals surface area contributed by atoms with Gasteiger partial charge in [-0.05, 0) is 26.3 Å². The van der Waals surface area contributed by atoms with Crippen molar-refractivity contribution in [2.45, 2.75) is 32.1 Å². The number of benzene rings is 1. The van der Waals surface area contributed by atoms with Gasteiger partial charge in [-0.1, -0.05) is 29.8 Å². The van der Waals surface area contributed by atoms with Crippen LogP contribution in [0.3, 0.4) is 0 Å². The Morgan fingerprint density at radius 1 is 1.19 bits per heavy atom. The topological polar surface area (TPSA) is 48.9 Å². The molecule has 26 heavy (non-hydrogen) atoms. The number of nitrogens with zero attached hydrogens (tertiary/aromatic N) is 2. The maximum atomic E-state index is 5.45. The predicted molar refractivity (Wildman–Crippen MR) is 113 cm³/mol. The predicted octanol–water partition coefficient (Wildman–Crippen LogP) is 2.50. The number of guanidine groups is 1. The first-order valence-electron chi connectivity index (χ1n) is 9.42. The molecule has 0 radical (unpaired) electrons. The van der Waals surface area contributed by atoms with E-state index < -0.39 is 0 Å². The van der Waals surface area contributed by atoms with Gasteiger partial charge in [-0.15, -0.1) is 0 Å². The van der Waals surface area contributed by atoms with Crippen molar-refractivity contribution in [1.82, 2.24) is 15.5 Å². The molecule has 0 atom stereocenters. The van der Waals surface area contributed by atoms with Gasteiger partial charge in [0, 0.05) is 50.3 Å². The minimum absolute atomic E-state index is 0.0849. The van der Waals surface area contributed by atoms with Crippen LogP contribution in [0.2, 0.25) is 0 Å². The molecule has 5 nitrogen and oxygen atoms in total. The largest absolute Gasteiger partial charge is 0.379 e. The van der Waals surface area contributed by atoms with Gasteiger partial charge in [-0.25, -0.2) is 0 Å². The first-order chi connectivity index (χ1) is 12.5. The lowest BCUT2D eigenvalue weighted by atomic mass is 10.0. The Kier molecular flexibility index (Phi) is 8.75. The molecule has 1 saturated heterocycles. The fourth-order valence-corrected chi connectivity index (χ4v) is 3.74. The van der Waals surface area contributed by atoms with E-state index in [1.165, 1.54) is 11.1 Å². The minimum atomic E-state index is 0.0849. The third kappa shape index (κ3) is 7.17. The number of hydrogen-bond acceptors (Lipinski definition) is 4. The summed E-state index contributed by atoms with van der Waals surface area (Å²) >= 11 is 1.94. The highest BCUT2D eigenvalue weighted by atomic mass is 32.2. The summed E-state index contributed by atoms with van der Waals surface area (Å²) in [6.07, 6.45) is 0. The summed E-state index contributed by atoms with van der Waals surface area (Å²) in [7, 11) is 1.83. The van der Waals surface area contributed by atoms with Crippen LogP contribution in [-0.2, 0) is 10.5 Å². The summed E-state index contributed by atoms with van der Waals surface area (Å²) in [6.45, 7) is 12.1. The molecule has 0 amide bonds. The average molecular weight is 379 g/mol. The van der Waals surface area contributed by atoms with Crippen molar-refractivity contribution >= 4 is 17.7 Å². The summed E-state index contributed by atoms with van der Waals surface area (Å²) in [4.78, 5) is 6.82. The Hall–Kier alpha value is -1.24. The van der Waals surface area contributed by atoms with Crippen LogP contribution in [0, 0.1) is 6.92 Å². The van der Waals surface area contributed by atoms with Crippen molar-refractivity contribution in [1.29, 1.82) is 0 Å². The Labute approximate surface area is 163 Å². The molecule has 1 aromatic carbocycles. The Bertz CT molecular complexity index is 553. The van der Waals surface area contributed by atoms with Crippen LogP contribution in [-0.4, -0.2) is 68.6 Å². The van der Waals surface area contributed by atoms with E-state index in [2.05, 4.69) is 65.6 Å². The van der Waals surface area contributed by atoms with E-state index in [4.69, 9.17) is 4.74 Å². The molecule has 1 aliphatic rings. The quantitative estimate of drug-likeness (QED) is 0.414. The van der Waals surface area contributed by atoms with Gasteiger partial charge in [0.1, 0.15) is 0 Å². The maximum absolute atomic E-state index is 5.45. The van der Waals surface area contributed by atoms with Gasteiger partial charge in [0.2, 0.25) is 0 Å². The van der Waals surface area contributed by atoms with Crippen LogP contribution in [0.25, 0.3) is 0 Å². The highest BCUT2D eigenvalue weighted by Crippen LogP contribution is 2.15. The average Bonchev–Trinajstić information content (AvgIpc) is 2.66. The standard InChI is InChI=1S/C20H34N4OS/c1-17-5-7-18(8-6-17)15-26-14-9-22-19(21-4)23-16-20(2,3)24-10-12-25-13-11-24/h5-8H,9-16H2,1-4H3,(H2,21,22,23). The van der Waals surface area contributed by atoms with E-state index in [9.17, 15) is 0 Å². The number of nitrogens with one attached hydrogen (secondary N) is 2. The minimum Gasteiger partial charge on any atom is -0.379 e.